The largest absolute Gasteiger partial charge is 0.477 e. The first-order valence-corrected chi connectivity index (χ1v) is 5.97. The number of carboxylic acids is 1. The van der Waals surface area contributed by atoms with Crippen molar-refractivity contribution >= 4 is 5.97 Å². The number of benzene rings is 1. The van der Waals surface area contributed by atoms with Crippen molar-refractivity contribution < 1.29 is 19.7 Å². The summed E-state index contributed by atoms with van der Waals surface area (Å²) in [5, 5.41) is 26.0. The van der Waals surface area contributed by atoms with Crippen LogP contribution < -0.4 is 4.74 Å². The van der Waals surface area contributed by atoms with E-state index < -0.39 is 5.97 Å². The van der Waals surface area contributed by atoms with Gasteiger partial charge in [0.25, 0.3) is 5.88 Å². The Morgan fingerprint density at radius 2 is 2.05 bits per heavy atom. The predicted octanol–water partition coefficient (Wildman–Crippen LogP) is 2.08. The van der Waals surface area contributed by atoms with Crippen LogP contribution in [-0.2, 0) is 6.61 Å². The van der Waals surface area contributed by atoms with Crippen molar-refractivity contribution in [2.45, 2.75) is 20.5 Å². The number of carboxylic acid groups (broad SMARTS) is 1. The van der Waals surface area contributed by atoms with Crippen LogP contribution in [-0.4, -0.2) is 26.4 Å². The predicted molar refractivity (Wildman–Crippen MR) is 70.9 cm³/mol. The van der Waals surface area contributed by atoms with Crippen molar-refractivity contribution in [3.05, 3.63) is 46.6 Å². The van der Waals surface area contributed by atoms with Gasteiger partial charge in [0.1, 0.15) is 11.3 Å². The number of ether oxygens (including phenoxy) is 1. The molecule has 20 heavy (non-hydrogen) atoms. The molecule has 0 aliphatic rings. The summed E-state index contributed by atoms with van der Waals surface area (Å²) in [4.78, 5) is 11.3. The zero-order valence-electron chi connectivity index (χ0n) is 11.1. The molecule has 2 aromatic rings. The summed E-state index contributed by atoms with van der Waals surface area (Å²) in [6.45, 7) is 3.22. The van der Waals surface area contributed by atoms with Gasteiger partial charge in [-0.05, 0) is 37.1 Å². The molecule has 0 radical (unpaired) electrons. The number of aliphatic hydroxyl groups excluding tert-OH is 1. The average Bonchev–Trinajstić information content (AvgIpc) is 2.43. The van der Waals surface area contributed by atoms with E-state index in [1.54, 1.807) is 38.1 Å². The minimum atomic E-state index is -1.12. The van der Waals surface area contributed by atoms with Crippen LogP contribution in [0, 0.1) is 13.8 Å². The summed E-state index contributed by atoms with van der Waals surface area (Å²) in [7, 11) is 0. The van der Waals surface area contributed by atoms with Crippen LogP contribution in [0.5, 0.6) is 11.6 Å². The molecule has 0 unspecified atom stereocenters. The summed E-state index contributed by atoms with van der Waals surface area (Å²) in [5.74, 6) is -0.777. The Labute approximate surface area is 115 Å². The highest BCUT2D eigenvalue weighted by Gasteiger charge is 2.19. The highest BCUT2D eigenvalue weighted by Crippen LogP contribution is 2.26. The number of aliphatic hydroxyl groups is 1. The van der Waals surface area contributed by atoms with Crippen LogP contribution in [0.4, 0.5) is 0 Å². The Morgan fingerprint density at radius 3 is 2.70 bits per heavy atom. The second-order valence-electron chi connectivity index (χ2n) is 4.30. The molecule has 1 aromatic carbocycles. The Bertz CT molecular complexity index is 656. The minimum absolute atomic E-state index is 0.00750. The number of carbonyl (C=O) groups is 1. The van der Waals surface area contributed by atoms with Crippen LogP contribution in [0.15, 0.2) is 24.3 Å². The standard InChI is InChI=1S/C14H14N2O4/c1-8-9(2)15-16-13(12(8)14(18)19)20-11-5-3-4-10(6-11)7-17/h3-6,17H,7H2,1-2H3,(H,18,19). The molecule has 0 fully saturated rings. The molecule has 0 bridgehead atoms. The molecule has 0 atom stereocenters. The molecule has 1 aromatic heterocycles. The van der Waals surface area contributed by atoms with E-state index in [2.05, 4.69) is 10.2 Å². The summed E-state index contributed by atoms with van der Waals surface area (Å²) in [6.07, 6.45) is 0. The zero-order chi connectivity index (χ0) is 14.7. The summed E-state index contributed by atoms with van der Waals surface area (Å²) >= 11 is 0. The van der Waals surface area contributed by atoms with Crippen LogP contribution in [0.1, 0.15) is 27.2 Å². The number of aryl methyl sites for hydroxylation is 1. The first kappa shape index (κ1) is 14.0. The maximum absolute atomic E-state index is 11.3. The number of aromatic nitrogens is 2. The molecule has 0 aliphatic heterocycles. The summed E-state index contributed by atoms with van der Waals surface area (Å²) < 4.78 is 5.48. The highest BCUT2D eigenvalue weighted by molar-refractivity contribution is 5.92. The summed E-state index contributed by atoms with van der Waals surface area (Å²) in [5.41, 5.74) is 1.71. The Morgan fingerprint density at radius 1 is 1.30 bits per heavy atom. The Hall–Kier alpha value is -2.47. The normalized spacial score (nSPS) is 10.3. The molecule has 0 spiro atoms. The van der Waals surface area contributed by atoms with Gasteiger partial charge in [0.2, 0.25) is 0 Å². The lowest BCUT2D eigenvalue weighted by molar-refractivity contribution is 0.0692. The quantitative estimate of drug-likeness (QED) is 0.886. The van der Waals surface area contributed by atoms with Gasteiger partial charge in [-0.25, -0.2) is 4.79 Å². The molecule has 6 heteroatoms. The van der Waals surface area contributed by atoms with E-state index in [0.717, 1.165) is 0 Å². The van der Waals surface area contributed by atoms with Crippen molar-refractivity contribution in [1.29, 1.82) is 0 Å². The number of hydrogen-bond donors (Lipinski definition) is 2. The molecule has 2 rings (SSSR count). The third-order valence-electron chi connectivity index (χ3n) is 2.93. The fraction of sp³-hybridized carbons (Fsp3) is 0.214. The molecule has 0 saturated carbocycles. The van der Waals surface area contributed by atoms with Crippen LogP contribution in [0.25, 0.3) is 0 Å². The second kappa shape index (κ2) is 5.66. The van der Waals surface area contributed by atoms with Gasteiger partial charge in [-0.15, -0.1) is 5.10 Å². The molecule has 2 N–H and O–H groups in total. The van der Waals surface area contributed by atoms with Crippen molar-refractivity contribution in [3.63, 3.8) is 0 Å². The maximum Gasteiger partial charge on any atom is 0.341 e. The molecule has 0 amide bonds. The van der Waals surface area contributed by atoms with Crippen molar-refractivity contribution in [1.82, 2.24) is 10.2 Å². The van der Waals surface area contributed by atoms with E-state index in [1.807, 2.05) is 0 Å². The number of aromatic carboxylic acids is 1. The van der Waals surface area contributed by atoms with Gasteiger partial charge >= 0.3 is 5.97 Å². The van der Waals surface area contributed by atoms with Crippen LogP contribution in [0.3, 0.4) is 0 Å². The van der Waals surface area contributed by atoms with Gasteiger partial charge in [0.05, 0.1) is 12.3 Å². The third-order valence-corrected chi connectivity index (χ3v) is 2.93. The molecule has 104 valence electrons. The number of hydrogen-bond acceptors (Lipinski definition) is 5. The SMILES string of the molecule is Cc1nnc(Oc2cccc(CO)c2)c(C(=O)O)c1C. The van der Waals surface area contributed by atoms with E-state index in [4.69, 9.17) is 9.84 Å². The lowest BCUT2D eigenvalue weighted by Gasteiger charge is -2.10. The lowest BCUT2D eigenvalue weighted by atomic mass is 10.1. The average molecular weight is 274 g/mol. The molecule has 0 aliphatic carbocycles. The maximum atomic E-state index is 11.3. The van der Waals surface area contributed by atoms with Crippen molar-refractivity contribution in [3.8, 4) is 11.6 Å². The highest BCUT2D eigenvalue weighted by atomic mass is 16.5. The summed E-state index contributed by atoms with van der Waals surface area (Å²) in [6, 6.07) is 6.71. The smallest absolute Gasteiger partial charge is 0.341 e. The van der Waals surface area contributed by atoms with Gasteiger partial charge in [-0.2, -0.15) is 5.10 Å². The molecular weight excluding hydrogens is 260 g/mol. The third kappa shape index (κ3) is 2.75. The van der Waals surface area contributed by atoms with Crippen LogP contribution >= 0.6 is 0 Å². The lowest BCUT2D eigenvalue weighted by Crippen LogP contribution is -2.08. The Balaban J connectivity index is 2.43. The fourth-order valence-electron chi connectivity index (χ4n) is 1.73. The van der Waals surface area contributed by atoms with Gasteiger partial charge in [-0.3, -0.25) is 0 Å². The van der Waals surface area contributed by atoms with Crippen molar-refractivity contribution in [2.24, 2.45) is 0 Å². The molecule has 0 saturated heterocycles. The van der Waals surface area contributed by atoms with Gasteiger partial charge in [-0.1, -0.05) is 12.1 Å². The van der Waals surface area contributed by atoms with E-state index in [9.17, 15) is 9.90 Å². The first-order chi connectivity index (χ1) is 9.52. The van der Waals surface area contributed by atoms with Crippen LogP contribution in [0.2, 0.25) is 0 Å². The van der Waals surface area contributed by atoms with Gasteiger partial charge < -0.3 is 14.9 Å². The van der Waals surface area contributed by atoms with Gasteiger partial charge in [0.15, 0.2) is 0 Å². The Kier molecular flexibility index (Phi) is 3.95. The second-order valence-corrected chi connectivity index (χ2v) is 4.30. The monoisotopic (exact) mass is 274 g/mol. The first-order valence-electron chi connectivity index (χ1n) is 5.97. The molecular formula is C14H14N2O4. The number of rotatable bonds is 4. The number of nitrogens with zero attached hydrogens (tertiary/aromatic N) is 2. The van der Waals surface area contributed by atoms with Gasteiger partial charge in [0, 0.05) is 0 Å². The van der Waals surface area contributed by atoms with E-state index >= 15 is 0 Å². The molecule has 1 heterocycles. The van der Waals surface area contributed by atoms with E-state index in [0.29, 0.717) is 22.6 Å². The zero-order valence-corrected chi connectivity index (χ0v) is 11.1. The van der Waals surface area contributed by atoms with E-state index in [-0.39, 0.29) is 18.1 Å². The fourth-order valence-corrected chi connectivity index (χ4v) is 1.73. The van der Waals surface area contributed by atoms with E-state index in [1.165, 1.54) is 0 Å². The van der Waals surface area contributed by atoms with Crippen molar-refractivity contribution in [2.75, 3.05) is 0 Å². The topological polar surface area (TPSA) is 92.5 Å². The minimum Gasteiger partial charge on any atom is -0.477 e. The molecule has 6 nitrogen and oxygen atoms in total.